The van der Waals surface area contributed by atoms with Crippen molar-refractivity contribution < 1.29 is 5.11 Å². The van der Waals surface area contributed by atoms with Gasteiger partial charge in [-0.2, -0.15) is 4.52 Å². The first-order valence-electron chi connectivity index (χ1n) is 5.22. The zero-order chi connectivity index (χ0) is 11.7. The molecule has 2 heterocycles. The van der Waals surface area contributed by atoms with Crippen LogP contribution >= 0.6 is 0 Å². The van der Waals surface area contributed by atoms with Crippen LogP contribution in [0.15, 0.2) is 24.3 Å². The lowest BCUT2D eigenvalue weighted by molar-refractivity contribution is 0.311. The van der Waals surface area contributed by atoms with E-state index in [0.29, 0.717) is 18.0 Å². The molecule has 0 saturated carbocycles. The highest BCUT2D eigenvalue weighted by atomic mass is 16.3. The molecule has 0 amide bonds. The summed E-state index contributed by atoms with van der Waals surface area (Å²) in [6.45, 7) is 0.441. The third-order valence-corrected chi connectivity index (χ3v) is 2.43. The van der Waals surface area contributed by atoms with E-state index in [1.165, 1.54) is 0 Å². The van der Waals surface area contributed by atoms with Gasteiger partial charge in [0.1, 0.15) is 0 Å². The van der Waals surface area contributed by atoms with E-state index in [1.54, 1.807) is 4.52 Å². The van der Waals surface area contributed by atoms with E-state index in [2.05, 4.69) is 25.8 Å². The van der Waals surface area contributed by atoms with E-state index in [1.807, 2.05) is 24.3 Å². The van der Waals surface area contributed by atoms with Crippen molar-refractivity contribution in [2.75, 3.05) is 18.5 Å². The van der Waals surface area contributed by atoms with Gasteiger partial charge in [-0.3, -0.25) is 0 Å². The monoisotopic (exact) mass is 230 g/mol. The molecule has 3 aromatic rings. The van der Waals surface area contributed by atoms with Gasteiger partial charge in [0, 0.05) is 6.54 Å². The van der Waals surface area contributed by atoms with E-state index < -0.39 is 0 Å². The SMILES string of the molecule is OCCNc1nc2ccccc2n2nnnc12. The smallest absolute Gasteiger partial charge is 0.222 e. The van der Waals surface area contributed by atoms with Gasteiger partial charge in [-0.05, 0) is 22.6 Å². The lowest BCUT2D eigenvalue weighted by Crippen LogP contribution is -2.09. The average Bonchev–Trinajstić information content (AvgIpc) is 2.85. The Labute approximate surface area is 96.1 Å². The standard InChI is InChI=1S/C10H10N6O/c17-6-5-11-9-10-13-14-15-16(10)8-4-2-1-3-7(8)12-9/h1-4,17H,5-6H2,(H,11,12). The van der Waals surface area contributed by atoms with Crippen LogP contribution in [0, 0.1) is 0 Å². The Balaban J connectivity index is 2.28. The van der Waals surface area contributed by atoms with Crippen LogP contribution in [0.4, 0.5) is 5.82 Å². The molecule has 3 rings (SSSR count). The Morgan fingerprint density at radius 2 is 2.18 bits per heavy atom. The van der Waals surface area contributed by atoms with Crippen LogP contribution in [-0.4, -0.2) is 43.3 Å². The summed E-state index contributed by atoms with van der Waals surface area (Å²) in [6, 6.07) is 7.61. The second kappa shape index (κ2) is 3.95. The number of benzene rings is 1. The molecule has 0 radical (unpaired) electrons. The number of hydrogen-bond donors (Lipinski definition) is 2. The Morgan fingerprint density at radius 3 is 3.06 bits per heavy atom. The van der Waals surface area contributed by atoms with Crippen LogP contribution < -0.4 is 5.32 Å². The molecule has 0 spiro atoms. The van der Waals surface area contributed by atoms with Crippen LogP contribution in [0.2, 0.25) is 0 Å². The van der Waals surface area contributed by atoms with Crippen molar-refractivity contribution in [3.8, 4) is 0 Å². The highest BCUT2D eigenvalue weighted by Gasteiger charge is 2.10. The fourth-order valence-electron chi connectivity index (χ4n) is 1.70. The fraction of sp³-hybridized carbons (Fsp3) is 0.200. The van der Waals surface area contributed by atoms with Crippen molar-refractivity contribution >= 4 is 22.5 Å². The summed E-state index contributed by atoms with van der Waals surface area (Å²) in [7, 11) is 0. The number of anilines is 1. The lowest BCUT2D eigenvalue weighted by atomic mass is 10.3. The van der Waals surface area contributed by atoms with Crippen LogP contribution in [0.1, 0.15) is 0 Å². The van der Waals surface area contributed by atoms with Gasteiger partial charge in [0.25, 0.3) is 0 Å². The topological polar surface area (TPSA) is 88.2 Å². The number of aliphatic hydroxyl groups is 1. The predicted molar refractivity (Wildman–Crippen MR) is 61.7 cm³/mol. The molecular formula is C10H10N6O. The summed E-state index contributed by atoms with van der Waals surface area (Å²) in [6.07, 6.45) is 0. The molecule has 1 aromatic carbocycles. The second-order valence-electron chi connectivity index (χ2n) is 3.51. The van der Waals surface area contributed by atoms with Crippen LogP contribution in [-0.2, 0) is 0 Å². The number of aromatic nitrogens is 5. The first-order chi connectivity index (χ1) is 8.40. The van der Waals surface area contributed by atoms with Crippen molar-refractivity contribution in [1.82, 2.24) is 25.0 Å². The van der Waals surface area contributed by atoms with E-state index in [-0.39, 0.29) is 6.61 Å². The second-order valence-corrected chi connectivity index (χ2v) is 3.51. The summed E-state index contributed by atoms with van der Waals surface area (Å²) in [5.74, 6) is 0.572. The molecule has 2 N–H and O–H groups in total. The highest BCUT2D eigenvalue weighted by Crippen LogP contribution is 2.18. The summed E-state index contributed by atoms with van der Waals surface area (Å²) in [4.78, 5) is 4.43. The largest absolute Gasteiger partial charge is 0.395 e. The molecule has 0 aliphatic carbocycles. The quantitative estimate of drug-likeness (QED) is 0.662. The Bertz CT molecular complexity index is 664. The van der Waals surface area contributed by atoms with Crippen LogP contribution in [0.3, 0.4) is 0 Å². The molecule has 86 valence electrons. The molecule has 0 saturated heterocycles. The van der Waals surface area contributed by atoms with Gasteiger partial charge >= 0.3 is 0 Å². The summed E-state index contributed by atoms with van der Waals surface area (Å²) in [5.41, 5.74) is 2.20. The number of nitrogens with zero attached hydrogens (tertiary/aromatic N) is 5. The zero-order valence-electron chi connectivity index (χ0n) is 8.91. The van der Waals surface area contributed by atoms with Gasteiger partial charge in [0.2, 0.25) is 5.65 Å². The minimum Gasteiger partial charge on any atom is -0.395 e. The number of tetrazole rings is 1. The average molecular weight is 230 g/mol. The number of para-hydroxylation sites is 2. The molecule has 0 bridgehead atoms. The van der Waals surface area contributed by atoms with Gasteiger partial charge in [-0.25, -0.2) is 4.98 Å². The molecule has 7 nitrogen and oxygen atoms in total. The number of aliphatic hydroxyl groups excluding tert-OH is 1. The summed E-state index contributed by atoms with van der Waals surface area (Å²) >= 11 is 0. The zero-order valence-corrected chi connectivity index (χ0v) is 8.91. The molecule has 0 fully saturated rings. The van der Waals surface area contributed by atoms with Gasteiger partial charge in [-0.1, -0.05) is 12.1 Å². The van der Waals surface area contributed by atoms with E-state index in [4.69, 9.17) is 5.11 Å². The molecule has 17 heavy (non-hydrogen) atoms. The maximum atomic E-state index is 8.81. The van der Waals surface area contributed by atoms with Crippen molar-refractivity contribution in [2.24, 2.45) is 0 Å². The third kappa shape index (κ3) is 1.56. The molecule has 0 aliphatic rings. The summed E-state index contributed by atoms with van der Waals surface area (Å²) < 4.78 is 1.63. The molecule has 0 atom stereocenters. The maximum absolute atomic E-state index is 8.81. The van der Waals surface area contributed by atoms with Gasteiger partial charge < -0.3 is 10.4 Å². The molecule has 0 aliphatic heterocycles. The third-order valence-electron chi connectivity index (χ3n) is 2.43. The first kappa shape index (κ1) is 9.91. The minimum absolute atomic E-state index is 0.0300. The molecule has 0 unspecified atom stereocenters. The molecule has 7 heteroatoms. The lowest BCUT2D eigenvalue weighted by Gasteiger charge is -2.06. The van der Waals surface area contributed by atoms with Crippen molar-refractivity contribution in [3.63, 3.8) is 0 Å². The number of nitrogens with one attached hydrogen (secondary N) is 1. The van der Waals surface area contributed by atoms with E-state index in [9.17, 15) is 0 Å². The predicted octanol–water partition coefficient (Wildman–Crippen LogP) is 0.0767. The number of fused-ring (bicyclic) bond motifs is 3. The Hall–Kier alpha value is -2.28. The van der Waals surface area contributed by atoms with Gasteiger partial charge in [0.05, 0.1) is 17.6 Å². The van der Waals surface area contributed by atoms with Crippen molar-refractivity contribution in [3.05, 3.63) is 24.3 Å². The molecular weight excluding hydrogens is 220 g/mol. The van der Waals surface area contributed by atoms with Crippen molar-refractivity contribution in [1.29, 1.82) is 0 Å². The Kier molecular flexibility index (Phi) is 2.30. The fourth-order valence-corrected chi connectivity index (χ4v) is 1.70. The van der Waals surface area contributed by atoms with E-state index in [0.717, 1.165) is 11.0 Å². The highest BCUT2D eigenvalue weighted by molar-refractivity contribution is 5.81. The minimum atomic E-state index is 0.0300. The maximum Gasteiger partial charge on any atom is 0.222 e. The summed E-state index contributed by atoms with van der Waals surface area (Å²) in [5, 5.41) is 23.3. The Morgan fingerprint density at radius 1 is 1.29 bits per heavy atom. The van der Waals surface area contributed by atoms with Crippen LogP contribution in [0.25, 0.3) is 16.7 Å². The first-order valence-corrected chi connectivity index (χ1v) is 5.22. The number of hydrogen-bond acceptors (Lipinski definition) is 6. The van der Waals surface area contributed by atoms with Gasteiger partial charge in [0.15, 0.2) is 5.82 Å². The van der Waals surface area contributed by atoms with Gasteiger partial charge in [-0.15, -0.1) is 5.10 Å². The van der Waals surface area contributed by atoms with Crippen LogP contribution in [0.5, 0.6) is 0 Å². The normalized spacial score (nSPS) is 11.1. The van der Waals surface area contributed by atoms with Crippen molar-refractivity contribution in [2.45, 2.75) is 0 Å². The molecule has 2 aromatic heterocycles. The van der Waals surface area contributed by atoms with E-state index >= 15 is 0 Å². The number of rotatable bonds is 3.